The molecule has 0 atom stereocenters. The number of hydrogen-bond donors (Lipinski definition) is 0. The number of carbonyl (C=O) groups excluding carboxylic acids is 2. The van der Waals surface area contributed by atoms with Crippen LogP contribution in [0.1, 0.15) is 19.8 Å². The van der Waals surface area contributed by atoms with Gasteiger partial charge in [-0.05, 0) is 0 Å². The summed E-state index contributed by atoms with van der Waals surface area (Å²) in [6.45, 7) is 1.63. The van der Waals surface area contributed by atoms with Gasteiger partial charge in [0, 0.05) is 0 Å². The molecule has 0 saturated carbocycles. The Labute approximate surface area is 111 Å². The van der Waals surface area contributed by atoms with Crippen molar-refractivity contribution in [2.75, 3.05) is 0 Å². The summed E-state index contributed by atoms with van der Waals surface area (Å²) in [4.78, 5) is 20.2. The van der Waals surface area contributed by atoms with Gasteiger partial charge in [0.25, 0.3) is 0 Å². The van der Waals surface area contributed by atoms with Gasteiger partial charge in [0.2, 0.25) is 0 Å². The molecule has 0 aromatic carbocycles. The van der Waals surface area contributed by atoms with Gasteiger partial charge in [0.05, 0.1) is 0 Å². The second-order valence-corrected chi connectivity index (χ2v) is 4.22. The average molecular weight is 301 g/mol. The van der Waals surface area contributed by atoms with Crippen LogP contribution in [0.3, 0.4) is 0 Å². The summed E-state index contributed by atoms with van der Waals surface area (Å²) in [5.74, 6) is 0. The summed E-state index contributed by atoms with van der Waals surface area (Å²) >= 11 is -0.363. The Bertz CT molecular complexity index is 106. The summed E-state index contributed by atoms with van der Waals surface area (Å²) < 4.78 is 1.31. The predicted molar refractivity (Wildman–Crippen MR) is 39.3 cm³/mol. The van der Waals surface area contributed by atoms with Crippen LogP contribution in [0.4, 0.5) is 0 Å². The molecule has 0 amide bonds. The molecule has 0 rings (SSSR count). The summed E-state index contributed by atoms with van der Waals surface area (Å²) in [5.41, 5.74) is 0. The fourth-order valence-corrected chi connectivity index (χ4v) is 1.59. The Balaban J connectivity index is 0. The molecule has 10 heavy (non-hydrogen) atoms. The molecule has 0 spiro atoms. The van der Waals surface area contributed by atoms with Gasteiger partial charge in [-0.2, -0.15) is 0 Å². The molecule has 0 saturated heterocycles. The van der Waals surface area contributed by atoms with E-state index in [1.807, 2.05) is 0 Å². The van der Waals surface area contributed by atoms with Crippen molar-refractivity contribution in [1.82, 2.24) is 0 Å². The molecule has 54 valence electrons. The van der Waals surface area contributed by atoms with E-state index >= 15 is 0 Å². The fourth-order valence-electron chi connectivity index (χ4n) is 0.450. The fraction of sp³-hybridized carbons (Fsp3) is 0.667. The predicted octanol–water partition coefficient (Wildman–Crippen LogP) is 0.0966. The Morgan fingerprint density at radius 1 is 1.60 bits per heavy atom. The van der Waals surface area contributed by atoms with E-state index in [2.05, 4.69) is 0 Å². The molecule has 0 aromatic rings. The number of unbranched alkanes of at least 4 members (excludes halogenated alkanes) is 1. The van der Waals surface area contributed by atoms with Crippen LogP contribution < -0.4 is 0 Å². The van der Waals surface area contributed by atoms with Gasteiger partial charge in [0.1, 0.15) is 0 Å². The van der Waals surface area contributed by atoms with Crippen molar-refractivity contribution in [2.24, 2.45) is 0 Å². The second-order valence-electron chi connectivity index (χ2n) is 1.79. The number of rotatable bonds is 5. The molecule has 0 bridgehead atoms. The van der Waals surface area contributed by atoms with E-state index in [1.54, 1.807) is 6.92 Å². The first-order valence-corrected chi connectivity index (χ1v) is 4.84. The van der Waals surface area contributed by atoms with Gasteiger partial charge >= 0.3 is 112 Å². The Morgan fingerprint density at radius 2 is 2.20 bits per heavy atom. The van der Waals surface area contributed by atoms with Crippen LogP contribution in [0.5, 0.6) is 0 Å². The van der Waals surface area contributed by atoms with Crippen LogP contribution in [0, 0.1) is 0 Å². The van der Waals surface area contributed by atoms with E-state index in [-0.39, 0.29) is 68.0 Å². The van der Waals surface area contributed by atoms with Crippen molar-refractivity contribution in [3.05, 3.63) is 0 Å². The van der Waals surface area contributed by atoms with Crippen LogP contribution in [-0.2, 0) is 28.7 Å². The van der Waals surface area contributed by atoms with Crippen molar-refractivity contribution in [2.45, 2.75) is 24.5 Å². The molecule has 0 N–H and O–H groups in total. The molecular formula is C6H12BaO2Ti. The number of hydrogen-bond acceptors (Lipinski definition) is 2. The van der Waals surface area contributed by atoms with Gasteiger partial charge in [0.15, 0.2) is 0 Å². The van der Waals surface area contributed by atoms with E-state index < -0.39 is 0 Å². The van der Waals surface area contributed by atoms with Crippen LogP contribution >= 0.6 is 0 Å². The van der Waals surface area contributed by atoms with Crippen LogP contribution in [0.15, 0.2) is 0 Å². The van der Waals surface area contributed by atoms with Crippen LogP contribution in [0.25, 0.3) is 0 Å². The molecule has 4 heteroatoms. The number of carbonyl (C=O) groups is 2. The maximum absolute atomic E-state index is 10.4. The summed E-state index contributed by atoms with van der Waals surface area (Å²) in [6.07, 6.45) is 2.44. The normalized spacial score (nSPS) is 7.70. The molecule has 0 aliphatic carbocycles. The molecule has 0 aromatic heterocycles. The van der Waals surface area contributed by atoms with Gasteiger partial charge < -0.3 is 0 Å². The minimum atomic E-state index is -0.363. The van der Waals surface area contributed by atoms with E-state index in [4.69, 9.17) is 0 Å². The monoisotopic (exact) mass is 302 g/mol. The third-order valence-corrected chi connectivity index (χ3v) is 2.59. The molecule has 0 heterocycles. The molecule has 0 aliphatic rings. The molecule has 0 unspecified atom stereocenters. The zero-order chi connectivity index (χ0) is 7.11. The van der Waals surface area contributed by atoms with E-state index in [1.165, 1.54) is 0 Å². The quantitative estimate of drug-likeness (QED) is 0.410. The first-order chi connectivity index (χ1) is 4.27. The first-order valence-electron chi connectivity index (χ1n) is 2.95. The van der Waals surface area contributed by atoms with Crippen LogP contribution in [0.2, 0.25) is 4.73 Å². The van der Waals surface area contributed by atoms with Crippen molar-refractivity contribution in [1.29, 1.82) is 0 Å². The van der Waals surface area contributed by atoms with Gasteiger partial charge in [-0.15, -0.1) is 0 Å². The van der Waals surface area contributed by atoms with E-state index in [9.17, 15) is 9.59 Å². The average Bonchev–Trinajstić information content (AvgIpc) is 1.80. The van der Waals surface area contributed by atoms with Crippen molar-refractivity contribution < 1.29 is 28.7 Å². The zero-order valence-corrected chi connectivity index (χ0v) is 7.08. The number of aldehydes is 1. The standard InChI is InChI=1S/C4H7O.C2H3O.Ba.Ti.2H/c1-2-3-4-5;1-2-3;;;;/h4H,1-3H2;1H3;;;;. The Morgan fingerprint density at radius 3 is 2.60 bits per heavy atom. The van der Waals surface area contributed by atoms with Crippen LogP contribution in [-0.4, -0.2) is 59.3 Å². The maximum atomic E-state index is 10.4. The topological polar surface area (TPSA) is 34.1 Å². The third-order valence-electron chi connectivity index (χ3n) is 0.873. The minimum absolute atomic E-state index is 0. The Hall–Kier alpha value is 1.63. The van der Waals surface area contributed by atoms with E-state index in [0.29, 0.717) is 10.5 Å². The van der Waals surface area contributed by atoms with Crippen molar-refractivity contribution in [3.63, 3.8) is 0 Å². The van der Waals surface area contributed by atoms with Gasteiger partial charge in [-0.1, -0.05) is 0 Å². The summed E-state index contributed by atoms with van der Waals surface area (Å²) in [6, 6.07) is 0. The molecule has 0 aliphatic heterocycles. The summed E-state index contributed by atoms with van der Waals surface area (Å²) in [7, 11) is 0. The molecule has 0 fully saturated rings. The van der Waals surface area contributed by atoms with Gasteiger partial charge in [-0.3, -0.25) is 0 Å². The van der Waals surface area contributed by atoms with Crippen molar-refractivity contribution >= 4 is 59.3 Å². The molecule has 2 nitrogen and oxygen atoms in total. The molecular weight excluding hydrogens is 289 g/mol. The van der Waals surface area contributed by atoms with E-state index in [0.717, 1.165) is 17.4 Å². The third kappa shape index (κ3) is 12.3. The first kappa shape index (κ1) is 14.2. The second kappa shape index (κ2) is 10.6. The van der Waals surface area contributed by atoms with Crippen molar-refractivity contribution in [3.8, 4) is 0 Å². The van der Waals surface area contributed by atoms with Gasteiger partial charge in [-0.25, -0.2) is 0 Å². The molecule has 0 radical (unpaired) electrons. The SMILES string of the molecule is C[C](=O)[Ti][CH2]CCC=O.[BaH2]. The summed E-state index contributed by atoms with van der Waals surface area (Å²) in [5, 5.41) is 0. The zero-order valence-electron chi connectivity index (χ0n) is 5.52. The Kier molecular flexibility index (Phi) is 15.1.